The lowest BCUT2D eigenvalue weighted by Crippen LogP contribution is -2.39. The van der Waals surface area contributed by atoms with Crippen molar-refractivity contribution in [2.24, 2.45) is 4.99 Å². The Balaban J connectivity index is 2.38. The average molecular weight is 618 g/mol. The lowest BCUT2D eigenvalue weighted by molar-refractivity contribution is 0.0519. The van der Waals surface area contributed by atoms with Crippen LogP contribution in [0.3, 0.4) is 0 Å². The molecule has 0 bridgehead atoms. The van der Waals surface area contributed by atoms with Crippen molar-refractivity contribution in [2.75, 3.05) is 20.3 Å². The number of aliphatic imine (C=N–C) groups is 1. The van der Waals surface area contributed by atoms with Gasteiger partial charge in [0, 0.05) is 22.9 Å². The number of methoxy groups -OCH3 is 1. The fourth-order valence-electron chi connectivity index (χ4n) is 5.15. The number of aromatic hydroxyl groups is 1. The predicted octanol–water partition coefficient (Wildman–Crippen LogP) is 9.10. The van der Waals surface area contributed by atoms with E-state index >= 15 is 0 Å². The number of ether oxygens (including phenoxy) is 3. The highest BCUT2D eigenvalue weighted by atomic mass is 16.5. The minimum atomic E-state index is -1.66. The van der Waals surface area contributed by atoms with Crippen LogP contribution in [0, 0.1) is 0 Å². The number of phenolic OH excluding ortho intramolecular Hbond substituents is 1. The average Bonchev–Trinajstić information content (AvgIpc) is 2.99. The molecule has 45 heavy (non-hydrogen) atoms. The van der Waals surface area contributed by atoms with E-state index in [1.54, 1.807) is 31.5 Å². The van der Waals surface area contributed by atoms with Crippen molar-refractivity contribution in [1.29, 1.82) is 0 Å². The Morgan fingerprint density at radius 1 is 0.756 bits per heavy atom. The second-order valence-electron chi connectivity index (χ2n) is 14.0. The third-order valence-corrected chi connectivity index (χ3v) is 8.30. The van der Waals surface area contributed by atoms with Gasteiger partial charge in [-0.25, -0.2) is 0 Å². The molecule has 3 aromatic rings. The number of aliphatic hydroxyl groups is 1. The SMILES string of the molecule is CCCCOc1ccc(C(C)(C)C)cc1C(O)(c1cc(C(C)(C)C)ccc1OCCCC)[C@@H](C)N=Cc1cc(OC)ccc1O. The summed E-state index contributed by atoms with van der Waals surface area (Å²) < 4.78 is 18.2. The first-order valence-corrected chi connectivity index (χ1v) is 16.3. The number of rotatable bonds is 14. The molecule has 0 aliphatic heterocycles. The van der Waals surface area contributed by atoms with Gasteiger partial charge in [0.15, 0.2) is 0 Å². The normalized spacial score (nSPS) is 13.2. The molecule has 0 aromatic heterocycles. The Labute approximate surface area is 271 Å². The standard InChI is InChI=1S/C39H55NO5/c1-11-13-21-44-35-19-15-29(37(4,5)6)24-32(35)39(42,27(3)40-26-28-23-31(43-10)17-18-34(28)41)33-25-30(38(7,8)9)16-20-36(33)45-22-14-12-2/h15-20,23-27,41-42H,11-14,21-22H2,1-10H3/t27-/m1/s1. The summed E-state index contributed by atoms with van der Waals surface area (Å²) in [5, 5.41) is 24.0. The molecule has 3 aromatic carbocycles. The quantitative estimate of drug-likeness (QED) is 0.139. The molecule has 0 heterocycles. The zero-order chi connectivity index (χ0) is 33.4. The van der Waals surface area contributed by atoms with Crippen LogP contribution >= 0.6 is 0 Å². The Bertz CT molecular complexity index is 1360. The van der Waals surface area contributed by atoms with E-state index in [0.29, 0.717) is 47.2 Å². The highest BCUT2D eigenvalue weighted by molar-refractivity contribution is 5.84. The number of hydrogen-bond acceptors (Lipinski definition) is 6. The van der Waals surface area contributed by atoms with Gasteiger partial charge in [-0.05, 0) is 84.2 Å². The molecule has 246 valence electrons. The van der Waals surface area contributed by atoms with Crippen LogP contribution in [0.1, 0.15) is 116 Å². The molecule has 0 saturated heterocycles. The van der Waals surface area contributed by atoms with E-state index in [2.05, 4.69) is 79.7 Å². The molecule has 6 nitrogen and oxygen atoms in total. The minimum absolute atomic E-state index is 0.0759. The largest absolute Gasteiger partial charge is 0.507 e. The van der Waals surface area contributed by atoms with Crippen molar-refractivity contribution in [3.63, 3.8) is 0 Å². The Kier molecular flexibility index (Phi) is 12.1. The molecule has 0 spiro atoms. The Morgan fingerprint density at radius 2 is 1.24 bits per heavy atom. The number of benzene rings is 3. The van der Waals surface area contributed by atoms with Crippen LogP contribution < -0.4 is 14.2 Å². The molecular weight excluding hydrogens is 562 g/mol. The summed E-state index contributed by atoms with van der Waals surface area (Å²) >= 11 is 0. The zero-order valence-corrected chi connectivity index (χ0v) is 29.2. The van der Waals surface area contributed by atoms with Crippen LogP contribution in [0.2, 0.25) is 0 Å². The summed E-state index contributed by atoms with van der Waals surface area (Å²) in [4.78, 5) is 4.91. The first kappa shape index (κ1) is 36.0. The third kappa shape index (κ3) is 8.82. The Hall–Kier alpha value is -3.51. The third-order valence-electron chi connectivity index (χ3n) is 8.30. The van der Waals surface area contributed by atoms with Crippen molar-refractivity contribution in [3.05, 3.63) is 82.4 Å². The molecule has 0 saturated carbocycles. The van der Waals surface area contributed by atoms with E-state index in [4.69, 9.17) is 19.2 Å². The van der Waals surface area contributed by atoms with Gasteiger partial charge in [0.2, 0.25) is 0 Å². The molecule has 0 radical (unpaired) electrons. The number of hydrogen-bond donors (Lipinski definition) is 2. The molecule has 0 amide bonds. The van der Waals surface area contributed by atoms with Crippen LogP contribution in [0.25, 0.3) is 0 Å². The van der Waals surface area contributed by atoms with Crippen LogP contribution in [-0.4, -0.2) is 42.8 Å². The van der Waals surface area contributed by atoms with Gasteiger partial charge in [0.05, 0.1) is 26.4 Å². The summed E-state index contributed by atoms with van der Waals surface area (Å²) in [5.41, 5.74) is 1.90. The molecule has 0 fully saturated rings. The van der Waals surface area contributed by atoms with Crippen molar-refractivity contribution < 1.29 is 24.4 Å². The molecule has 0 unspecified atom stereocenters. The van der Waals surface area contributed by atoms with Gasteiger partial charge in [-0.2, -0.15) is 0 Å². The fraction of sp³-hybridized carbons (Fsp3) is 0.513. The monoisotopic (exact) mass is 617 g/mol. The molecule has 6 heteroatoms. The molecule has 0 aliphatic carbocycles. The maximum atomic E-state index is 13.4. The van der Waals surface area contributed by atoms with Crippen LogP contribution in [0.15, 0.2) is 59.6 Å². The molecule has 0 aliphatic rings. The van der Waals surface area contributed by atoms with E-state index in [-0.39, 0.29) is 16.6 Å². The summed E-state index contributed by atoms with van der Waals surface area (Å²) in [6, 6.07) is 16.5. The van der Waals surface area contributed by atoms with E-state index in [0.717, 1.165) is 36.8 Å². The maximum Gasteiger partial charge on any atom is 0.144 e. The fourth-order valence-corrected chi connectivity index (χ4v) is 5.15. The van der Waals surface area contributed by atoms with E-state index in [9.17, 15) is 10.2 Å². The van der Waals surface area contributed by atoms with Gasteiger partial charge >= 0.3 is 0 Å². The van der Waals surface area contributed by atoms with Gasteiger partial charge in [0.1, 0.15) is 28.6 Å². The van der Waals surface area contributed by atoms with Gasteiger partial charge in [-0.1, -0.05) is 80.4 Å². The smallest absolute Gasteiger partial charge is 0.144 e. The highest BCUT2D eigenvalue weighted by Crippen LogP contribution is 2.46. The number of unbranched alkanes of at least 4 members (excludes halogenated alkanes) is 2. The minimum Gasteiger partial charge on any atom is -0.507 e. The van der Waals surface area contributed by atoms with E-state index in [1.807, 2.05) is 19.1 Å². The van der Waals surface area contributed by atoms with Gasteiger partial charge in [-0.3, -0.25) is 4.99 Å². The number of nitrogens with zero attached hydrogens (tertiary/aromatic N) is 1. The molecule has 3 rings (SSSR count). The second kappa shape index (κ2) is 15.2. The maximum absolute atomic E-state index is 13.4. The first-order chi connectivity index (χ1) is 21.2. The van der Waals surface area contributed by atoms with Gasteiger partial charge in [-0.15, -0.1) is 0 Å². The summed E-state index contributed by atoms with van der Waals surface area (Å²) in [7, 11) is 1.58. The topological polar surface area (TPSA) is 80.5 Å². The molecule has 2 N–H and O–H groups in total. The second-order valence-corrected chi connectivity index (χ2v) is 14.0. The van der Waals surface area contributed by atoms with Crippen LogP contribution in [0.4, 0.5) is 0 Å². The summed E-state index contributed by atoms with van der Waals surface area (Å²) in [6.45, 7) is 20.2. The zero-order valence-electron chi connectivity index (χ0n) is 29.2. The van der Waals surface area contributed by atoms with Crippen molar-refractivity contribution in [3.8, 4) is 23.0 Å². The molecular formula is C39H55NO5. The van der Waals surface area contributed by atoms with E-state index < -0.39 is 11.6 Å². The van der Waals surface area contributed by atoms with Crippen LogP contribution in [0.5, 0.6) is 23.0 Å². The number of phenols is 1. The van der Waals surface area contributed by atoms with Crippen LogP contribution in [-0.2, 0) is 16.4 Å². The first-order valence-electron chi connectivity index (χ1n) is 16.3. The lowest BCUT2D eigenvalue weighted by Gasteiger charge is -2.37. The van der Waals surface area contributed by atoms with Gasteiger partial charge < -0.3 is 24.4 Å². The predicted molar refractivity (Wildman–Crippen MR) is 186 cm³/mol. The van der Waals surface area contributed by atoms with Crippen molar-refractivity contribution in [1.82, 2.24) is 0 Å². The Morgan fingerprint density at radius 3 is 1.67 bits per heavy atom. The molecule has 1 atom stereocenters. The van der Waals surface area contributed by atoms with Crippen molar-refractivity contribution in [2.45, 2.75) is 110 Å². The van der Waals surface area contributed by atoms with Crippen molar-refractivity contribution >= 4 is 6.21 Å². The van der Waals surface area contributed by atoms with E-state index in [1.165, 1.54) is 0 Å². The lowest BCUT2D eigenvalue weighted by atomic mass is 9.75. The van der Waals surface area contributed by atoms with Gasteiger partial charge in [0.25, 0.3) is 0 Å². The summed E-state index contributed by atoms with van der Waals surface area (Å²) in [5.74, 6) is 1.91. The highest BCUT2D eigenvalue weighted by Gasteiger charge is 2.43. The summed E-state index contributed by atoms with van der Waals surface area (Å²) in [6.07, 6.45) is 5.38.